The second kappa shape index (κ2) is 7.99. The van der Waals surface area contributed by atoms with Crippen LogP contribution >= 0.6 is 0 Å². The Morgan fingerprint density at radius 1 is 0.923 bits per heavy atom. The third-order valence-corrected chi connectivity index (χ3v) is 4.24. The monoisotopic (exact) mass is 353 g/mol. The van der Waals surface area contributed by atoms with E-state index in [0.717, 1.165) is 5.75 Å². The lowest BCUT2D eigenvalue weighted by Gasteiger charge is -2.34. The lowest BCUT2D eigenvalue weighted by molar-refractivity contribution is 0.0535. The highest BCUT2D eigenvalue weighted by Gasteiger charge is 2.25. The van der Waals surface area contributed by atoms with Crippen LogP contribution in [-0.4, -0.2) is 58.9 Å². The number of amides is 2. The van der Waals surface area contributed by atoms with E-state index in [9.17, 15) is 9.59 Å². The van der Waals surface area contributed by atoms with E-state index < -0.39 is 0 Å². The Labute approximate surface area is 153 Å². The van der Waals surface area contributed by atoms with Gasteiger partial charge in [0.15, 0.2) is 0 Å². The minimum Gasteiger partial charge on any atom is -0.491 e. The molecule has 3 rings (SSSR count). The number of hydrogen-bond donors (Lipinski definition) is 0. The van der Waals surface area contributed by atoms with Crippen LogP contribution in [0, 0.1) is 0 Å². The lowest BCUT2D eigenvalue weighted by atomic mass is 10.1. The second-order valence-corrected chi connectivity index (χ2v) is 6.52. The summed E-state index contributed by atoms with van der Waals surface area (Å²) in [5.74, 6) is 0.693. The van der Waals surface area contributed by atoms with E-state index >= 15 is 0 Å². The number of carbonyl (C=O) groups excluding carboxylic acids is 2. The molecule has 0 spiro atoms. The normalized spacial score (nSPS) is 14.4. The zero-order valence-corrected chi connectivity index (χ0v) is 15.1. The van der Waals surface area contributed by atoms with Crippen LogP contribution in [0.15, 0.2) is 48.8 Å². The molecule has 0 aliphatic carbocycles. The standard InChI is InChI=1S/C20H23N3O3/c1-15(2)26-18-7-5-16(6-8-18)19(24)22-10-12-23(13-11-22)20(25)17-4-3-9-21-14-17/h3-9,14-15H,10-13H2,1-2H3. The largest absolute Gasteiger partial charge is 0.491 e. The number of carbonyl (C=O) groups is 2. The molecule has 1 aromatic carbocycles. The molecular weight excluding hydrogens is 330 g/mol. The smallest absolute Gasteiger partial charge is 0.255 e. The summed E-state index contributed by atoms with van der Waals surface area (Å²) in [7, 11) is 0. The van der Waals surface area contributed by atoms with Crippen molar-refractivity contribution >= 4 is 11.8 Å². The second-order valence-electron chi connectivity index (χ2n) is 6.52. The predicted molar refractivity (Wildman–Crippen MR) is 98.3 cm³/mol. The predicted octanol–water partition coefficient (Wildman–Crippen LogP) is 2.47. The van der Waals surface area contributed by atoms with Crippen molar-refractivity contribution in [3.63, 3.8) is 0 Å². The van der Waals surface area contributed by atoms with Gasteiger partial charge >= 0.3 is 0 Å². The van der Waals surface area contributed by atoms with Crippen LogP contribution < -0.4 is 4.74 Å². The Bertz CT molecular complexity index is 752. The number of rotatable bonds is 4. The zero-order chi connectivity index (χ0) is 18.5. The van der Waals surface area contributed by atoms with Crippen LogP contribution in [0.3, 0.4) is 0 Å². The van der Waals surface area contributed by atoms with Gasteiger partial charge in [0.05, 0.1) is 11.7 Å². The highest BCUT2D eigenvalue weighted by molar-refractivity contribution is 5.95. The summed E-state index contributed by atoms with van der Waals surface area (Å²) in [5, 5.41) is 0. The van der Waals surface area contributed by atoms with Gasteiger partial charge in [-0.05, 0) is 50.2 Å². The summed E-state index contributed by atoms with van der Waals surface area (Å²) in [5.41, 5.74) is 1.21. The summed E-state index contributed by atoms with van der Waals surface area (Å²) in [6.07, 6.45) is 3.31. The molecule has 2 amide bonds. The van der Waals surface area contributed by atoms with E-state index in [1.807, 2.05) is 26.0 Å². The molecule has 2 aromatic rings. The fourth-order valence-corrected chi connectivity index (χ4v) is 2.92. The van der Waals surface area contributed by atoms with Gasteiger partial charge in [0.1, 0.15) is 5.75 Å². The van der Waals surface area contributed by atoms with Crippen molar-refractivity contribution in [1.29, 1.82) is 0 Å². The number of aromatic nitrogens is 1. The maximum absolute atomic E-state index is 12.7. The molecule has 1 saturated heterocycles. The summed E-state index contributed by atoms with van der Waals surface area (Å²) >= 11 is 0. The van der Waals surface area contributed by atoms with Crippen molar-refractivity contribution in [2.24, 2.45) is 0 Å². The van der Waals surface area contributed by atoms with Crippen LogP contribution in [0.2, 0.25) is 0 Å². The van der Waals surface area contributed by atoms with Gasteiger partial charge in [-0.2, -0.15) is 0 Å². The van der Waals surface area contributed by atoms with Gasteiger partial charge in [0.25, 0.3) is 11.8 Å². The van der Waals surface area contributed by atoms with Crippen molar-refractivity contribution in [2.75, 3.05) is 26.2 Å². The maximum atomic E-state index is 12.7. The van der Waals surface area contributed by atoms with Crippen LogP contribution in [0.1, 0.15) is 34.6 Å². The first-order valence-corrected chi connectivity index (χ1v) is 8.80. The zero-order valence-electron chi connectivity index (χ0n) is 15.1. The number of nitrogens with zero attached hydrogens (tertiary/aromatic N) is 3. The molecule has 6 heteroatoms. The van der Waals surface area contributed by atoms with Gasteiger partial charge in [-0.1, -0.05) is 0 Å². The number of benzene rings is 1. The van der Waals surface area contributed by atoms with Crippen molar-refractivity contribution in [1.82, 2.24) is 14.8 Å². The highest BCUT2D eigenvalue weighted by atomic mass is 16.5. The van der Waals surface area contributed by atoms with Crippen molar-refractivity contribution in [2.45, 2.75) is 20.0 Å². The molecule has 1 aromatic heterocycles. The number of piperazine rings is 1. The maximum Gasteiger partial charge on any atom is 0.255 e. The van der Waals surface area contributed by atoms with Crippen molar-refractivity contribution in [3.8, 4) is 5.75 Å². The Hall–Kier alpha value is -2.89. The minimum absolute atomic E-state index is 0.0189. The molecule has 2 heterocycles. The Morgan fingerprint density at radius 2 is 1.50 bits per heavy atom. The molecule has 0 saturated carbocycles. The quantitative estimate of drug-likeness (QED) is 0.847. The van der Waals surface area contributed by atoms with Crippen LogP contribution in [-0.2, 0) is 0 Å². The van der Waals surface area contributed by atoms with Gasteiger partial charge in [-0.25, -0.2) is 0 Å². The molecule has 6 nitrogen and oxygen atoms in total. The van der Waals surface area contributed by atoms with E-state index in [2.05, 4.69) is 4.98 Å². The Kier molecular flexibility index (Phi) is 5.51. The molecule has 0 radical (unpaired) electrons. The van der Waals surface area contributed by atoms with E-state index in [1.54, 1.807) is 46.5 Å². The average Bonchev–Trinajstić information content (AvgIpc) is 2.68. The van der Waals surface area contributed by atoms with E-state index in [-0.39, 0.29) is 17.9 Å². The van der Waals surface area contributed by atoms with E-state index in [4.69, 9.17) is 4.74 Å². The first kappa shape index (κ1) is 17.9. The third-order valence-electron chi connectivity index (χ3n) is 4.24. The third kappa shape index (κ3) is 4.20. The SMILES string of the molecule is CC(C)Oc1ccc(C(=O)N2CCN(C(=O)c3cccnc3)CC2)cc1. The Morgan fingerprint density at radius 3 is 2.00 bits per heavy atom. The van der Waals surface area contributed by atoms with Gasteiger partial charge in [0.2, 0.25) is 0 Å². The molecule has 1 aliphatic heterocycles. The number of ether oxygens (including phenoxy) is 1. The van der Waals surface area contributed by atoms with Crippen LogP contribution in [0.5, 0.6) is 5.75 Å². The Balaban J connectivity index is 1.57. The van der Waals surface area contributed by atoms with E-state index in [0.29, 0.717) is 37.3 Å². The van der Waals surface area contributed by atoms with Gasteiger partial charge < -0.3 is 14.5 Å². The summed E-state index contributed by atoms with van der Waals surface area (Å²) in [6, 6.07) is 10.7. The van der Waals surface area contributed by atoms with E-state index in [1.165, 1.54) is 0 Å². The van der Waals surface area contributed by atoms with Gasteiger partial charge in [-0.15, -0.1) is 0 Å². The average molecular weight is 353 g/mol. The number of pyridine rings is 1. The summed E-state index contributed by atoms with van der Waals surface area (Å²) in [4.78, 5) is 32.6. The molecular formula is C20H23N3O3. The first-order valence-electron chi connectivity index (χ1n) is 8.80. The first-order chi connectivity index (χ1) is 12.5. The van der Waals surface area contributed by atoms with Crippen molar-refractivity contribution in [3.05, 3.63) is 59.9 Å². The molecule has 0 atom stereocenters. The number of hydrogen-bond acceptors (Lipinski definition) is 4. The molecule has 0 unspecified atom stereocenters. The molecule has 0 bridgehead atoms. The molecule has 26 heavy (non-hydrogen) atoms. The van der Waals surface area contributed by atoms with Gasteiger partial charge in [0, 0.05) is 44.1 Å². The fourth-order valence-electron chi connectivity index (χ4n) is 2.92. The fraction of sp³-hybridized carbons (Fsp3) is 0.350. The van der Waals surface area contributed by atoms with Crippen LogP contribution in [0.4, 0.5) is 0 Å². The van der Waals surface area contributed by atoms with Gasteiger partial charge in [-0.3, -0.25) is 14.6 Å². The highest BCUT2D eigenvalue weighted by Crippen LogP contribution is 2.16. The molecule has 1 fully saturated rings. The van der Waals surface area contributed by atoms with Crippen LogP contribution in [0.25, 0.3) is 0 Å². The summed E-state index contributed by atoms with van der Waals surface area (Å²) in [6.45, 7) is 6.02. The molecule has 0 N–H and O–H groups in total. The topological polar surface area (TPSA) is 62.7 Å². The summed E-state index contributed by atoms with van der Waals surface area (Å²) < 4.78 is 5.60. The molecule has 1 aliphatic rings. The lowest BCUT2D eigenvalue weighted by Crippen LogP contribution is -2.50. The minimum atomic E-state index is -0.0413. The molecule has 136 valence electrons. The van der Waals surface area contributed by atoms with Crippen molar-refractivity contribution < 1.29 is 14.3 Å².